The fourth-order valence-corrected chi connectivity index (χ4v) is 4.74. The van der Waals surface area contributed by atoms with Crippen LogP contribution < -0.4 is 5.32 Å². The van der Waals surface area contributed by atoms with Gasteiger partial charge in [0, 0.05) is 34.0 Å². The van der Waals surface area contributed by atoms with E-state index in [0.717, 1.165) is 21.3 Å². The normalized spacial score (nSPS) is 12.8. The molecule has 6 nitrogen and oxygen atoms in total. The minimum absolute atomic E-state index is 0.0776. The molecule has 33 heavy (non-hydrogen) atoms. The van der Waals surface area contributed by atoms with Gasteiger partial charge >= 0.3 is 5.97 Å². The molecule has 0 aliphatic heterocycles. The lowest BCUT2D eigenvalue weighted by molar-refractivity contribution is -0.145. The SMILES string of the molecule is COC(=O)[C@H](Cc1c[nH]c2ccccc12)NC(=O)[C@@H](C)c1ccc(C(=O)c2ccccc2)s1. The highest BCUT2D eigenvalue weighted by atomic mass is 32.1. The standard InChI is InChI=1S/C26H24N2O4S/c1-16(22-12-13-23(33-22)24(29)17-8-4-3-5-9-17)25(30)28-21(26(31)32-2)14-18-15-27-20-11-7-6-10-19(18)20/h3-13,15-16,21,27H,14H2,1-2H3,(H,28,30)/t16-,21-/m0/s1. The van der Waals surface area contributed by atoms with E-state index in [1.165, 1.54) is 18.4 Å². The Balaban J connectivity index is 1.48. The molecule has 0 unspecified atom stereocenters. The summed E-state index contributed by atoms with van der Waals surface area (Å²) in [7, 11) is 1.31. The van der Waals surface area contributed by atoms with Gasteiger partial charge in [0.2, 0.25) is 11.7 Å². The molecule has 2 aromatic carbocycles. The lowest BCUT2D eigenvalue weighted by atomic mass is 10.0. The second kappa shape index (κ2) is 9.83. The Morgan fingerprint density at radius 2 is 1.73 bits per heavy atom. The maximum absolute atomic E-state index is 13.0. The number of hydrogen-bond acceptors (Lipinski definition) is 5. The van der Waals surface area contributed by atoms with E-state index in [2.05, 4.69) is 10.3 Å². The Morgan fingerprint density at radius 1 is 1.00 bits per heavy atom. The molecule has 2 aromatic heterocycles. The number of benzene rings is 2. The zero-order chi connectivity index (χ0) is 23.4. The van der Waals surface area contributed by atoms with Crippen molar-refractivity contribution >= 4 is 39.9 Å². The number of thiophene rings is 1. The number of esters is 1. The van der Waals surface area contributed by atoms with Crippen LogP contribution in [0.15, 0.2) is 72.9 Å². The van der Waals surface area contributed by atoms with E-state index >= 15 is 0 Å². The molecule has 0 radical (unpaired) electrons. The van der Waals surface area contributed by atoms with E-state index in [4.69, 9.17) is 4.74 Å². The Kier molecular flexibility index (Phi) is 6.70. The number of carbonyl (C=O) groups is 3. The molecule has 2 heterocycles. The van der Waals surface area contributed by atoms with Gasteiger partial charge in [-0.25, -0.2) is 4.79 Å². The van der Waals surface area contributed by atoms with Crippen molar-refractivity contribution in [1.29, 1.82) is 0 Å². The minimum atomic E-state index is -0.825. The van der Waals surface area contributed by atoms with E-state index < -0.39 is 17.9 Å². The highest BCUT2D eigenvalue weighted by Crippen LogP contribution is 2.27. The van der Waals surface area contributed by atoms with Gasteiger partial charge in [0.15, 0.2) is 0 Å². The van der Waals surface area contributed by atoms with Gasteiger partial charge in [-0.15, -0.1) is 11.3 Å². The van der Waals surface area contributed by atoms with Gasteiger partial charge in [0.25, 0.3) is 0 Å². The van der Waals surface area contributed by atoms with Crippen LogP contribution in [-0.2, 0) is 20.7 Å². The predicted molar refractivity (Wildman–Crippen MR) is 129 cm³/mol. The molecule has 168 valence electrons. The molecule has 4 aromatic rings. The van der Waals surface area contributed by atoms with Crippen LogP contribution >= 0.6 is 11.3 Å². The number of rotatable bonds is 8. The first-order chi connectivity index (χ1) is 16.0. The van der Waals surface area contributed by atoms with Gasteiger partial charge in [0.05, 0.1) is 17.9 Å². The number of H-pyrrole nitrogens is 1. The third kappa shape index (κ3) is 4.88. The van der Waals surface area contributed by atoms with Crippen LogP contribution in [0.2, 0.25) is 0 Å². The summed E-state index contributed by atoms with van der Waals surface area (Å²) in [5.41, 5.74) is 2.48. The number of ketones is 1. The van der Waals surface area contributed by atoms with Crippen LogP contribution in [0, 0.1) is 0 Å². The highest BCUT2D eigenvalue weighted by Gasteiger charge is 2.27. The topological polar surface area (TPSA) is 88.3 Å². The molecule has 0 bridgehead atoms. The molecule has 4 rings (SSSR count). The van der Waals surface area contributed by atoms with Gasteiger partial charge in [-0.3, -0.25) is 9.59 Å². The van der Waals surface area contributed by atoms with Crippen molar-refractivity contribution < 1.29 is 19.1 Å². The van der Waals surface area contributed by atoms with Gasteiger partial charge in [-0.05, 0) is 30.7 Å². The molecular weight excluding hydrogens is 436 g/mol. The number of hydrogen-bond donors (Lipinski definition) is 2. The second-order valence-corrected chi connectivity index (χ2v) is 8.88. The van der Waals surface area contributed by atoms with E-state index in [1.807, 2.05) is 48.7 Å². The molecule has 7 heteroatoms. The first kappa shape index (κ1) is 22.5. The van der Waals surface area contributed by atoms with Crippen LogP contribution in [0.5, 0.6) is 0 Å². The van der Waals surface area contributed by atoms with Crippen molar-refractivity contribution in [2.75, 3.05) is 7.11 Å². The number of carbonyl (C=O) groups excluding carboxylic acids is 3. The Morgan fingerprint density at radius 3 is 2.48 bits per heavy atom. The third-order valence-corrected chi connectivity index (χ3v) is 6.87. The summed E-state index contributed by atoms with van der Waals surface area (Å²) in [6.45, 7) is 1.76. The van der Waals surface area contributed by atoms with Crippen molar-refractivity contribution in [3.8, 4) is 0 Å². The molecular formula is C26H24N2O4S. The predicted octanol–water partition coefficient (Wildman–Crippen LogP) is 4.46. The summed E-state index contributed by atoms with van der Waals surface area (Å²) in [6.07, 6.45) is 2.15. The van der Waals surface area contributed by atoms with E-state index in [9.17, 15) is 14.4 Å². The van der Waals surface area contributed by atoms with Gasteiger partial charge in [-0.1, -0.05) is 48.5 Å². The van der Waals surface area contributed by atoms with Crippen LogP contribution in [0.1, 0.15) is 38.5 Å². The smallest absolute Gasteiger partial charge is 0.328 e. The van der Waals surface area contributed by atoms with Gasteiger partial charge in [0.1, 0.15) is 6.04 Å². The summed E-state index contributed by atoms with van der Waals surface area (Å²) in [4.78, 5) is 42.6. The highest BCUT2D eigenvalue weighted by molar-refractivity contribution is 7.14. The number of methoxy groups -OCH3 is 1. The molecule has 2 atom stereocenters. The zero-order valence-corrected chi connectivity index (χ0v) is 19.1. The molecule has 0 aliphatic rings. The maximum atomic E-state index is 13.0. The molecule has 0 saturated heterocycles. The fourth-order valence-electron chi connectivity index (χ4n) is 3.72. The Labute approximate surface area is 195 Å². The molecule has 0 fully saturated rings. The van der Waals surface area contributed by atoms with E-state index in [0.29, 0.717) is 16.9 Å². The first-order valence-corrected chi connectivity index (χ1v) is 11.4. The monoisotopic (exact) mass is 460 g/mol. The van der Waals surface area contributed by atoms with Crippen molar-refractivity contribution in [1.82, 2.24) is 10.3 Å². The van der Waals surface area contributed by atoms with Crippen LogP contribution in [0.25, 0.3) is 10.9 Å². The lowest BCUT2D eigenvalue weighted by Crippen LogP contribution is -2.44. The van der Waals surface area contributed by atoms with Crippen molar-refractivity contribution in [2.24, 2.45) is 0 Å². The first-order valence-electron chi connectivity index (χ1n) is 10.6. The Hall–Kier alpha value is -3.71. The van der Waals surface area contributed by atoms with Crippen molar-refractivity contribution in [3.05, 3.63) is 93.8 Å². The second-order valence-electron chi connectivity index (χ2n) is 7.77. The number of fused-ring (bicyclic) bond motifs is 1. The van der Waals surface area contributed by atoms with Gasteiger partial charge < -0.3 is 15.0 Å². The average Bonchev–Trinajstić information content (AvgIpc) is 3.50. The van der Waals surface area contributed by atoms with Crippen molar-refractivity contribution in [3.63, 3.8) is 0 Å². The van der Waals surface area contributed by atoms with Gasteiger partial charge in [-0.2, -0.15) is 0 Å². The van der Waals surface area contributed by atoms with Crippen LogP contribution in [-0.4, -0.2) is 35.8 Å². The molecule has 0 spiro atoms. The summed E-state index contributed by atoms with van der Waals surface area (Å²) >= 11 is 1.29. The quantitative estimate of drug-likeness (QED) is 0.300. The maximum Gasteiger partial charge on any atom is 0.328 e. The van der Waals surface area contributed by atoms with Crippen LogP contribution in [0.3, 0.4) is 0 Å². The summed E-state index contributed by atoms with van der Waals surface area (Å²) < 4.78 is 4.94. The number of nitrogens with one attached hydrogen (secondary N) is 2. The number of amides is 1. The van der Waals surface area contributed by atoms with Crippen molar-refractivity contribution in [2.45, 2.75) is 25.3 Å². The molecule has 0 saturated carbocycles. The van der Waals surface area contributed by atoms with E-state index in [1.54, 1.807) is 31.2 Å². The average molecular weight is 461 g/mol. The minimum Gasteiger partial charge on any atom is -0.467 e. The fraction of sp³-hybridized carbons (Fsp3) is 0.192. The number of para-hydroxylation sites is 1. The summed E-state index contributed by atoms with van der Waals surface area (Å²) in [5, 5.41) is 3.83. The zero-order valence-electron chi connectivity index (χ0n) is 18.3. The number of aromatic nitrogens is 1. The number of ether oxygens (including phenoxy) is 1. The molecule has 1 amide bonds. The van der Waals surface area contributed by atoms with Crippen LogP contribution in [0.4, 0.5) is 0 Å². The summed E-state index contributed by atoms with van der Waals surface area (Å²) in [5.74, 6) is -1.41. The number of aromatic amines is 1. The third-order valence-electron chi connectivity index (χ3n) is 5.61. The van der Waals surface area contributed by atoms with E-state index in [-0.39, 0.29) is 11.7 Å². The lowest BCUT2D eigenvalue weighted by Gasteiger charge is -2.18. The summed E-state index contributed by atoms with van der Waals surface area (Å²) in [6, 6.07) is 19.5. The molecule has 0 aliphatic carbocycles. The molecule has 2 N–H and O–H groups in total. The Bertz CT molecular complexity index is 1290. The largest absolute Gasteiger partial charge is 0.467 e.